The van der Waals surface area contributed by atoms with Gasteiger partial charge in [-0.05, 0) is 12.5 Å². The molecule has 0 unspecified atom stereocenters. The molecule has 0 aromatic rings. The van der Waals surface area contributed by atoms with Gasteiger partial charge in [-0.1, -0.05) is 0 Å². The molecule has 2 rings (SSSR count). The number of hydrogen-bond acceptors (Lipinski definition) is 3. The van der Waals surface area contributed by atoms with Gasteiger partial charge < -0.3 is 14.6 Å². The fourth-order valence-corrected chi connectivity index (χ4v) is 1.01. The Balaban J connectivity index is 2.38. The molecule has 2 aliphatic rings. The maximum Gasteiger partial charge on any atom is 0.231 e. The highest BCUT2D eigenvalue weighted by atomic mass is 16.7. The standard InChI is InChI=1S/C7H7O3/c8-5-2-1-3-6-7(5)10-4-9-6/h2-3,8H,1,4H2. The minimum absolute atomic E-state index is 0.190. The third kappa shape index (κ3) is 0.667. The first-order valence-corrected chi connectivity index (χ1v) is 3.10. The third-order valence-electron chi connectivity index (χ3n) is 1.49. The Morgan fingerprint density at radius 3 is 3.10 bits per heavy atom. The Labute approximate surface area is 58.6 Å². The lowest BCUT2D eigenvalue weighted by molar-refractivity contribution is 0.0951. The molecule has 1 radical (unpaired) electrons. The summed E-state index contributed by atoms with van der Waals surface area (Å²) in [5, 5.41) is 9.16. The summed E-state index contributed by atoms with van der Waals surface area (Å²) in [6.07, 6.45) is 4.28. The Bertz CT molecular complexity index is 209. The molecular weight excluding hydrogens is 132 g/mol. The van der Waals surface area contributed by atoms with Crippen LogP contribution in [-0.2, 0) is 9.47 Å². The molecule has 1 saturated heterocycles. The molecule has 0 atom stereocenters. The zero-order valence-electron chi connectivity index (χ0n) is 5.33. The lowest BCUT2D eigenvalue weighted by Gasteiger charge is -2.06. The molecule has 0 bridgehead atoms. The maximum absolute atomic E-state index is 9.16. The summed E-state index contributed by atoms with van der Waals surface area (Å²) in [5.41, 5.74) is 0. The van der Waals surface area contributed by atoms with Gasteiger partial charge in [-0.15, -0.1) is 0 Å². The van der Waals surface area contributed by atoms with Crippen LogP contribution in [0.4, 0.5) is 0 Å². The van der Waals surface area contributed by atoms with Crippen molar-refractivity contribution >= 4 is 0 Å². The predicted molar refractivity (Wildman–Crippen MR) is 33.7 cm³/mol. The number of hydrogen-bond donors (Lipinski definition) is 1. The van der Waals surface area contributed by atoms with Crippen molar-refractivity contribution in [1.29, 1.82) is 0 Å². The molecule has 10 heavy (non-hydrogen) atoms. The van der Waals surface area contributed by atoms with Gasteiger partial charge in [0.25, 0.3) is 0 Å². The van der Waals surface area contributed by atoms with Crippen LogP contribution in [0, 0.1) is 6.42 Å². The summed E-state index contributed by atoms with van der Waals surface area (Å²) >= 11 is 0. The van der Waals surface area contributed by atoms with Crippen molar-refractivity contribution in [3.05, 3.63) is 29.8 Å². The topological polar surface area (TPSA) is 38.7 Å². The SMILES string of the molecule is OC1=C2OCOC2=CC[CH]1. The van der Waals surface area contributed by atoms with Gasteiger partial charge in [0.2, 0.25) is 12.6 Å². The van der Waals surface area contributed by atoms with Gasteiger partial charge in [-0.2, -0.15) is 0 Å². The average Bonchev–Trinajstić information content (AvgIpc) is 2.36. The Morgan fingerprint density at radius 1 is 1.40 bits per heavy atom. The molecule has 53 valence electrons. The van der Waals surface area contributed by atoms with E-state index in [1.54, 1.807) is 6.42 Å². The highest BCUT2D eigenvalue weighted by molar-refractivity contribution is 5.33. The molecule has 1 fully saturated rings. The molecule has 0 saturated carbocycles. The Kier molecular flexibility index (Phi) is 1.09. The van der Waals surface area contributed by atoms with E-state index < -0.39 is 0 Å². The van der Waals surface area contributed by atoms with Crippen molar-refractivity contribution in [3.63, 3.8) is 0 Å². The number of rotatable bonds is 0. The van der Waals surface area contributed by atoms with Crippen LogP contribution in [0.15, 0.2) is 23.4 Å². The summed E-state index contributed by atoms with van der Waals surface area (Å²) in [5.74, 6) is 1.33. The lowest BCUT2D eigenvalue weighted by Crippen LogP contribution is -1.97. The quantitative estimate of drug-likeness (QED) is 0.549. The van der Waals surface area contributed by atoms with Crippen LogP contribution in [0.25, 0.3) is 0 Å². The van der Waals surface area contributed by atoms with Crippen molar-refractivity contribution < 1.29 is 14.6 Å². The number of allylic oxidation sites excluding steroid dienone is 2. The summed E-state index contributed by atoms with van der Waals surface area (Å²) in [6, 6.07) is 0. The molecule has 1 N–H and O–H groups in total. The first-order chi connectivity index (χ1) is 4.88. The fraction of sp³-hybridized carbons (Fsp3) is 0.286. The van der Waals surface area contributed by atoms with Crippen molar-refractivity contribution in [2.45, 2.75) is 6.42 Å². The smallest absolute Gasteiger partial charge is 0.231 e. The van der Waals surface area contributed by atoms with Crippen LogP contribution in [0.2, 0.25) is 0 Å². The van der Waals surface area contributed by atoms with E-state index in [2.05, 4.69) is 0 Å². The molecule has 0 aromatic carbocycles. The molecule has 0 amide bonds. The van der Waals surface area contributed by atoms with E-state index in [0.717, 1.165) is 0 Å². The van der Waals surface area contributed by atoms with Gasteiger partial charge in [-0.25, -0.2) is 0 Å². The van der Waals surface area contributed by atoms with Crippen LogP contribution in [0.5, 0.6) is 0 Å². The van der Waals surface area contributed by atoms with Crippen LogP contribution in [0.1, 0.15) is 6.42 Å². The summed E-state index contributed by atoms with van der Waals surface area (Å²) in [7, 11) is 0. The molecule has 0 spiro atoms. The second kappa shape index (κ2) is 1.94. The van der Waals surface area contributed by atoms with E-state index in [4.69, 9.17) is 14.6 Å². The fourth-order valence-electron chi connectivity index (χ4n) is 1.01. The largest absolute Gasteiger partial charge is 0.508 e. The lowest BCUT2D eigenvalue weighted by atomic mass is 10.1. The molecule has 3 nitrogen and oxygen atoms in total. The molecule has 1 aliphatic carbocycles. The van der Waals surface area contributed by atoms with Crippen molar-refractivity contribution in [2.24, 2.45) is 0 Å². The van der Waals surface area contributed by atoms with Crippen molar-refractivity contribution in [3.8, 4) is 0 Å². The second-order valence-corrected chi connectivity index (χ2v) is 2.13. The summed E-state index contributed by atoms with van der Waals surface area (Å²) in [6.45, 7) is 0.221. The summed E-state index contributed by atoms with van der Waals surface area (Å²) in [4.78, 5) is 0. The normalized spacial score (nSPS) is 23.0. The van der Waals surface area contributed by atoms with E-state index in [0.29, 0.717) is 17.9 Å². The van der Waals surface area contributed by atoms with Crippen molar-refractivity contribution in [2.75, 3.05) is 6.79 Å². The predicted octanol–water partition coefficient (Wildman–Crippen LogP) is 1.25. The minimum atomic E-state index is 0.190. The number of ether oxygens (including phenoxy) is 2. The zero-order chi connectivity index (χ0) is 6.97. The Hall–Kier alpha value is -1.12. The van der Waals surface area contributed by atoms with Gasteiger partial charge in [-0.3, -0.25) is 0 Å². The average molecular weight is 139 g/mol. The first kappa shape index (κ1) is 5.65. The number of aliphatic hydroxyl groups is 1. The maximum atomic E-state index is 9.16. The molecule has 3 heteroatoms. The highest BCUT2D eigenvalue weighted by Crippen LogP contribution is 2.29. The molecular formula is C7H7O3. The number of fused-ring (bicyclic) bond motifs is 1. The highest BCUT2D eigenvalue weighted by Gasteiger charge is 2.23. The second-order valence-electron chi connectivity index (χ2n) is 2.13. The molecule has 0 aromatic heterocycles. The van der Waals surface area contributed by atoms with Crippen LogP contribution < -0.4 is 0 Å². The van der Waals surface area contributed by atoms with Gasteiger partial charge in [0.1, 0.15) is 5.76 Å². The monoisotopic (exact) mass is 139 g/mol. The van der Waals surface area contributed by atoms with Crippen LogP contribution in [-0.4, -0.2) is 11.9 Å². The van der Waals surface area contributed by atoms with Gasteiger partial charge in [0, 0.05) is 6.42 Å². The van der Waals surface area contributed by atoms with E-state index >= 15 is 0 Å². The number of aliphatic hydroxyl groups excluding tert-OH is 1. The molecule has 1 aliphatic heterocycles. The molecule has 1 heterocycles. The van der Waals surface area contributed by atoms with Gasteiger partial charge in [0.15, 0.2) is 5.76 Å². The van der Waals surface area contributed by atoms with Crippen LogP contribution in [0.3, 0.4) is 0 Å². The first-order valence-electron chi connectivity index (χ1n) is 3.10. The van der Waals surface area contributed by atoms with E-state index in [1.165, 1.54) is 0 Å². The van der Waals surface area contributed by atoms with E-state index in [1.807, 2.05) is 6.08 Å². The van der Waals surface area contributed by atoms with E-state index in [-0.39, 0.29) is 12.6 Å². The van der Waals surface area contributed by atoms with Crippen LogP contribution >= 0.6 is 0 Å². The van der Waals surface area contributed by atoms with Gasteiger partial charge in [0.05, 0.1) is 0 Å². The minimum Gasteiger partial charge on any atom is -0.508 e. The van der Waals surface area contributed by atoms with Gasteiger partial charge >= 0.3 is 0 Å². The zero-order valence-corrected chi connectivity index (χ0v) is 5.33. The summed E-state index contributed by atoms with van der Waals surface area (Å²) < 4.78 is 10.0. The Morgan fingerprint density at radius 2 is 2.30 bits per heavy atom. The van der Waals surface area contributed by atoms with Crippen molar-refractivity contribution in [1.82, 2.24) is 0 Å². The third-order valence-corrected chi connectivity index (χ3v) is 1.49. The van der Waals surface area contributed by atoms with E-state index in [9.17, 15) is 0 Å².